The monoisotopic (exact) mass is 357 g/mol. The van der Waals surface area contributed by atoms with Gasteiger partial charge >= 0.3 is 0 Å². The Kier molecular flexibility index (Phi) is 3.90. The molecule has 2 unspecified atom stereocenters. The van der Waals surface area contributed by atoms with Crippen molar-refractivity contribution >= 4 is 22.8 Å². The summed E-state index contributed by atoms with van der Waals surface area (Å²) in [6.45, 7) is 0. The Hall–Kier alpha value is -3.23. The van der Waals surface area contributed by atoms with Gasteiger partial charge < -0.3 is 19.8 Å². The number of amides is 1. The maximum atomic E-state index is 13.0. The average molecular weight is 357 g/mol. The number of aromatic amines is 1. The first-order chi connectivity index (χ1) is 12.6. The Morgan fingerprint density at radius 3 is 2.58 bits per heavy atom. The van der Waals surface area contributed by atoms with Gasteiger partial charge in [0, 0.05) is 17.1 Å². The maximum Gasteiger partial charge on any atom is 0.231 e. The molecular formula is C17H16FN5O3. The molecule has 0 aliphatic heterocycles. The van der Waals surface area contributed by atoms with Gasteiger partial charge in [-0.15, -0.1) is 0 Å². The lowest BCUT2D eigenvalue weighted by Crippen LogP contribution is -2.15. The molecule has 3 aromatic rings. The van der Waals surface area contributed by atoms with Crippen LogP contribution in [0.3, 0.4) is 0 Å². The second-order valence-electron chi connectivity index (χ2n) is 5.91. The fourth-order valence-electron chi connectivity index (χ4n) is 2.83. The number of alkyl halides is 1. The number of fused-ring (bicyclic) bond motifs is 1. The van der Waals surface area contributed by atoms with Crippen LogP contribution in [-0.2, 0) is 4.79 Å². The number of carbonyl (C=O) groups excluding carboxylic acids is 1. The van der Waals surface area contributed by atoms with E-state index in [4.69, 9.17) is 9.47 Å². The van der Waals surface area contributed by atoms with Gasteiger partial charge in [-0.1, -0.05) is 0 Å². The highest BCUT2D eigenvalue weighted by Crippen LogP contribution is 2.39. The van der Waals surface area contributed by atoms with E-state index in [0.717, 1.165) is 10.9 Å². The van der Waals surface area contributed by atoms with Gasteiger partial charge in [0.1, 0.15) is 29.5 Å². The molecule has 1 aliphatic rings. The number of halogens is 1. The zero-order chi connectivity index (χ0) is 18.3. The van der Waals surface area contributed by atoms with Crippen LogP contribution in [0.1, 0.15) is 6.42 Å². The van der Waals surface area contributed by atoms with Gasteiger partial charge in [-0.2, -0.15) is 0 Å². The van der Waals surface area contributed by atoms with Gasteiger partial charge in [0.15, 0.2) is 0 Å². The van der Waals surface area contributed by atoms with Crippen molar-refractivity contribution in [3.8, 4) is 22.9 Å². The second kappa shape index (κ2) is 6.25. The number of nitrogens with one attached hydrogen (secondary N) is 2. The van der Waals surface area contributed by atoms with E-state index in [0.29, 0.717) is 28.8 Å². The van der Waals surface area contributed by atoms with E-state index in [-0.39, 0.29) is 12.3 Å². The molecular weight excluding hydrogens is 341 g/mol. The fraction of sp³-hybridized carbons (Fsp3) is 0.294. The quantitative estimate of drug-likeness (QED) is 0.727. The highest BCUT2D eigenvalue weighted by molar-refractivity contribution is 5.99. The fourth-order valence-corrected chi connectivity index (χ4v) is 2.83. The van der Waals surface area contributed by atoms with Crippen LogP contribution in [0.25, 0.3) is 22.2 Å². The van der Waals surface area contributed by atoms with Crippen molar-refractivity contribution in [2.75, 3.05) is 19.5 Å². The second-order valence-corrected chi connectivity index (χ2v) is 5.91. The zero-order valence-electron chi connectivity index (χ0n) is 14.1. The number of rotatable bonds is 5. The summed E-state index contributed by atoms with van der Waals surface area (Å²) in [5.74, 6) is 0.187. The molecule has 2 atom stereocenters. The van der Waals surface area contributed by atoms with Crippen LogP contribution in [0.4, 0.5) is 10.2 Å². The Morgan fingerprint density at radius 2 is 1.96 bits per heavy atom. The van der Waals surface area contributed by atoms with E-state index in [1.54, 1.807) is 18.3 Å². The summed E-state index contributed by atoms with van der Waals surface area (Å²) in [6.07, 6.45) is 2.33. The number of methoxy groups -OCH3 is 2. The summed E-state index contributed by atoms with van der Waals surface area (Å²) in [4.78, 5) is 27.5. The van der Waals surface area contributed by atoms with Crippen molar-refractivity contribution in [3.05, 3.63) is 24.7 Å². The first-order valence-electron chi connectivity index (χ1n) is 7.98. The van der Waals surface area contributed by atoms with Crippen LogP contribution in [0.15, 0.2) is 24.7 Å². The molecule has 26 heavy (non-hydrogen) atoms. The van der Waals surface area contributed by atoms with Crippen molar-refractivity contribution < 1.29 is 18.7 Å². The van der Waals surface area contributed by atoms with Gasteiger partial charge in [0.05, 0.1) is 20.1 Å². The summed E-state index contributed by atoms with van der Waals surface area (Å²) in [7, 11) is 3.03. The molecule has 8 nitrogen and oxygen atoms in total. The number of carbonyl (C=O) groups is 1. The molecule has 3 heterocycles. The summed E-state index contributed by atoms with van der Waals surface area (Å²) in [6, 6.07) is 3.46. The summed E-state index contributed by atoms with van der Waals surface area (Å²) >= 11 is 0. The lowest BCUT2D eigenvalue weighted by Gasteiger charge is -2.10. The van der Waals surface area contributed by atoms with E-state index in [1.165, 1.54) is 20.5 Å². The van der Waals surface area contributed by atoms with Crippen molar-refractivity contribution in [2.45, 2.75) is 12.6 Å². The minimum atomic E-state index is -1.05. The van der Waals surface area contributed by atoms with Gasteiger partial charge in [-0.25, -0.2) is 19.3 Å². The minimum absolute atomic E-state index is 0.272. The first-order valence-corrected chi connectivity index (χ1v) is 7.98. The Bertz CT molecular complexity index is 967. The Labute approximate surface area is 147 Å². The Morgan fingerprint density at radius 1 is 1.27 bits per heavy atom. The van der Waals surface area contributed by atoms with E-state index in [9.17, 15) is 9.18 Å². The van der Waals surface area contributed by atoms with Crippen LogP contribution in [-0.4, -0.2) is 46.2 Å². The number of anilines is 1. The third-order valence-corrected chi connectivity index (χ3v) is 4.27. The molecule has 2 N–H and O–H groups in total. The van der Waals surface area contributed by atoms with E-state index < -0.39 is 12.1 Å². The number of nitrogens with zero attached hydrogens (tertiary/aromatic N) is 3. The van der Waals surface area contributed by atoms with Crippen LogP contribution in [0, 0.1) is 5.92 Å². The zero-order valence-corrected chi connectivity index (χ0v) is 14.1. The third kappa shape index (κ3) is 2.71. The predicted molar refractivity (Wildman–Crippen MR) is 91.9 cm³/mol. The number of hydrogen-bond donors (Lipinski definition) is 2. The lowest BCUT2D eigenvalue weighted by atomic mass is 10.1. The molecule has 0 bridgehead atoms. The topological polar surface area (TPSA) is 102 Å². The summed E-state index contributed by atoms with van der Waals surface area (Å²) in [5.41, 5.74) is 1.91. The van der Waals surface area contributed by atoms with E-state index in [2.05, 4.69) is 25.3 Å². The molecule has 1 aliphatic carbocycles. The SMILES string of the molecule is COc1ncnc(OC)c1-c1c[nH]c2nc(NC(=O)C3CC3F)ccc12. The van der Waals surface area contributed by atoms with Crippen molar-refractivity contribution in [3.63, 3.8) is 0 Å². The standard InChI is InChI=1S/C17H16FN5O3/c1-25-16-13(17(26-2)21-7-20-16)10-6-19-14-8(10)3-4-12(22-14)23-15(24)9-5-11(9)18/h3-4,6-7,9,11H,5H2,1-2H3,(H2,19,22,23,24). The van der Waals surface area contributed by atoms with Crippen molar-refractivity contribution in [2.24, 2.45) is 5.92 Å². The van der Waals surface area contributed by atoms with Gasteiger partial charge in [0.2, 0.25) is 17.7 Å². The molecule has 1 amide bonds. The smallest absolute Gasteiger partial charge is 0.231 e. The molecule has 0 spiro atoms. The van der Waals surface area contributed by atoms with E-state index in [1.807, 2.05) is 0 Å². The number of pyridine rings is 1. The van der Waals surface area contributed by atoms with Crippen molar-refractivity contribution in [1.29, 1.82) is 0 Å². The highest BCUT2D eigenvalue weighted by atomic mass is 19.1. The van der Waals surface area contributed by atoms with Gasteiger partial charge in [0.25, 0.3) is 0 Å². The predicted octanol–water partition coefficient (Wildman–Crippen LogP) is 2.33. The molecule has 4 rings (SSSR count). The van der Waals surface area contributed by atoms with Gasteiger partial charge in [-0.3, -0.25) is 4.79 Å². The molecule has 3 aromatic heterocycles. The molecule has 1 saturated carbocycles. The molecule has 0 aromatic carbocycles. The average Bonchev–Trinajstić information content (AvgIpc) is 3.25. The lowest BCUT2D eigenvalue weighted by molar-refractivity contribution is -0.117. The molecule has 9 heteroatoms. The number of aromatic nitrogens is 4. The molecule has 0 radical (unpaired) electrons. The van der Waals surface area contributed by atoms with Crippen LogP contribution < -0.4 is 14.8 Å². The summed E-state index contributed by atoms with van der Waals surface area (Å²) in [5, 5.41) is 3.42. The van der Waals surface area contributed by atoms with Crippen LogP contribution in [0.5, 0.6) is 11.8 Å². The first kappa shape index (κ1) is 16.2. The van der Waals surface area contributed by atoms with Crippen molar-refractivity contribution in [1.82, 2.24) is 19.9 Å². The molecule has 0 saturated heterocycles. The number of ether oxygens (including phenoxy) is 2. The largest absolute Gasteiger partial charge is 0.480 e. The van der Waals surface area contributed by atoms with Crippen LogP contribution in [0.2, 0.25) is 0 Å². The Balaban J connectivity index is 1.72. The highest BCUT2D eigenvalue weighted by Gasteiger charge is 2.43. The molecule has 1 fully saturated rings. The van der Waals surface area contributed by atoms with Gasteiger partial charge in [-0.05, 0) is 18.6 Å². The summed E-state index contributed by atoms with van der Waals surface area (Å²) < 4.78 is 23.6. The number of hydrogen-bond acceptors (Lipinski definition) is 6. The van der Waals surface area contributed by atoms with Crippen LogP contribution >= 0.6 is 0 Å². The normalized spacial score (nSPS) is 18.6. The van der Waals surface area contributed by atoms with E-state index >= 15 is 0 Å². The minimum Gasteiger partial charge on any atom is -0.480 e. The third-order valence-electron chi connectivity index (χ3n) is 4.27. The number of H-pyrrole nitrogens is 1. The molecule has 134 valence electrons. The maximum absolute atomic E-state index is 13.0.